The Balaban J connectivity index is 1.49. The molecule has 8 heteroatoms. The summed E-state index contributed by atoms with van der Waals surface area (Å²) in [6.07, 6.45) is -1.54. The Hall–Kier alpha value is -2.25. The van der Waals surface area contributed by atoms with Gasteiger partial charge in [0.05, 0.1) is 24.8 Å². The predicted molar refractivity (Wildman–Crippen MR) is 112 cm³/mol. The highest BCUT2D eigenvalue weighted by molar-refractivity contribution is 6.30. The zero-order valence-electron chi connectivity index (χ0n) is 16.9. The van der Waals surface area contributed by atoms with Crippen LogP contribution in [0.5, 0.6) is 0 Å². The monoisotopic (exact) mass is 452 g/mol. The molecule has 2 aromatic carbocycles. The van der Waals surface area contributed by atoms with Gasteiger partial charge in [0.1, 0.15) is 6.10 Å². The number of amides is 2. The number of urea groups is 1. The molecule has 2 amide bonds. The summed E-state index contributed by atoms with van der Waals surface area (Å²) in [6.45, 7) is 0.688. The van der Waals surface area contributed by atoms with Gasteiger partial charge in [-0.2, -0.15) is 13.2 Å². The molecule has 0 bridgehead atoms. The molecule has 1 saturated heterocycles. The fourth-order valence-electron chi connectivity index (χ4n) is 4.17. The molecule has 1 aliphatic heterocycles. The van der Waals surface area contributed by atoms with Gasteiger partial charge < -0.3 is 15.0 Å². The molecule has 0 radical (unpaired) electrons. The highest BCUT2D eigenvalue weighted by Crippen LogP contribution is 2.39. The van der Waals surface area contributed by atoms with Crippen molar-refractivity contribution in [1.29, 1.82) is 0 Å². The van der Waals surface area contributed by atoms with E-state index >= 15 is 0 Å². The Kier molecular flexibility index (Phi) is 6.44. The number of hydrogen-bond donors (Lipinski definition) is 1. The molecule has 0 spiro atoms. The maximum atomic E-state index is 13.6. The normalized spacial score (nSPS) is 18.6. The standard InChI is InChI=1S/C23H24ClF3N2O2/c24-16-11-9-15(10-12-16)21(19-7-3-4-8-20(19)23(25,26)27)31-18-13-29(14-18)22(30)28-17-5-1-2-6-17/h3-4,7-12,17-18,21H,1-2,5-6,13-14H2,(H,28,30). The van der Waals surface area contributed by atoms with Crippen LogP contribution in [0, 0.1) is 0 Å². The molecule has 1 aliphatic carbocycles. The molecule has 166 valence electrons. The van der Waals surface area contributed by atoms with E-state index in [0.29, 0.717) is 23.7 Å². The highest BCUT2D eigenvalue weighted by atomic mass is 35.5. The summed E-state index contributed by atoms with van der Waals surface area (Å²) in [6, 6.07) is 12.1. The van der Waals surface area contributed by atoms with Crippen LogP contribution in [0.1, 0.15) is 48.5 Å². The van der Waals surface area contributed by atoms with Crippen molar-refractivity contribution >= 4 is 17.6 Å². The van der Waals surface area contributed by atoms with Gasteiger partial charge in [-0.3, -0.25) is 0 Å². The first-order chi connectivity index (χ1) is 14.8. The fraction of sp³-hybridized carbons (Fsp3) is 0.435. The van der Waals surface area contributed by atoms with Crippen LogP contribution in [0.2, 0.25) is 5.02 Å². The molecule has 1 heterocycles. The number of alkyl halides is 3. The minimum absolute atomic E-state index is 0.0474. The topological polar surface area (TPSA) is 41.6 Å². The van der Waals surface area contributed by atoms with Crippen molar-refractivity contribution in [3.05, 3.63) is 70.2 Å². The molecule has 1 saturated carbocycles. The molecule has 4 nitrogen and oxygen atoms in total. The number of hydrogen-bond acceptors (Lipinski definition) is 2. The number of rotatable bonds is 5. The van der Waals surface area contributed by atoms with Gasteiger partial charge in [0, 0.05) is 11.1 Å². The summed E-state index contributed by atoms with van der Waals surface area (Å²) < 4.78 is 47.1. The third kappa shape index (κ3) is 5.15. The molecular weight excluding hydrogens is 429 g/mol. The second-order valence-corrected chi connectivity index (χ2v) is 8.55. The van der Waals surface area contributed by atoms with Crippen molar-refractivity contribution in [1.82, 2.24) is 10.2 Å². The SMILES string of the molecule is O=C(NC1CCCC1)N1CC(OC(c2ccc(Cl)cc2)c2ccccc2C(F)(F)F)C1. The van der Waals surface area contributed by atoms with Crippen LogP contribution in [0.3, 0.4) is 0 Å². The van der Waals surface area contributed by atoms with Crippen LogP contribution >= 0.6 is 11.6 Å². The summed E-state index contributed by atoms with van der Waals surface area (Å²) in [7, 11) is 0. The van der Waals surface area contributed by atoms with Crippen LogP contribution in [0.15, 0.2) is 48.5 Å². The van der Waals surface area contributed by atoms with Crippen LogP contribution in [0.25, 0.3) is 0 Å². The lowest BCUT2D eigenvalue weighted by Gasteiger charge is -2.41. The highest BCUT2D eigenvalue weighted by Gasteiger charge is 2.39. The number of nitrogens with zero attached hydrogens (tertiary/aromatic N) is 1. The number of nitrogens with one attached hydrogen (secondary N) is 1. The summed E-state index contributed by atoms with van der Waals surface area (Å²) in [5.41, 5.74) is -0.105. The zero-order chi connectivity index (χ0) is 22.0. The van der Waals surface area contributed by atoms with Gasteiger partial charge in [0.15, 0.2) is 0 Å². The van der Waals surface area contributed by atoms with Crippen molar-refractivity contribution in [2.24, 2.45) is 0 Å². The molecule has 2 fully saturated rings. The van der Waals surface area contributed by atoms with Gasteiger partial charge in [0.25, 0.3) is 0 Å². The number of benzene rings is 2. The lowest BCUT2D eigenvalue weighted by molar-refractivity contribution is -0.140. The van der Waals surface area contributed by atoms with Crippen molar-refractivity contribution < 1.29 is 22.7 Å². The maximum Gasteiger partial charge on any atom is 0.416 e. The van der Waals surface area contributed by atoms with Crippen LogP contribution < -0.4 is 5.32 Å². The average molecular weight is 453 g/mol. The second-order valence-electron chi connectivity index (χ2n) is 8.11. The van der Waals surface area contributed by atoms with Crippen molar-refractivity contribution in [2.45, 2.75) is 50.1 Å². The zero-order valence-corrected chi connectivity index (χ0v) is 17.6. The summed E-state index contributed by atoms with van der Waals surface area (Å²) in [5, 5.41) is 3.51. The van der Waals surface area contributed by atoms with E-state index in [4.69, 9.17) is 16.3 Å². The number of halogens is 4. The van der Waals surface area contributed by atoms with E-state index < -0.39 is 17.8 Å². The molecule has 2 aliphatic rings. The summed E-state index contributed by atoms with van der Waals surface area (Å²) >= 11 is 5.96. The lowest BCUT2D eigenvalue weighted by atomic mass is 9.95. The molecule has 4 rings (SSSR count). The minimum Gasteiger partial charge on any atom is -0.362 e. The van der Waals surface area contributed by atoms with Gasteiger partial charge >= 0.3 is 12.2 Å². The molecule has 2 aromatic rings. The summed E-state index contributed by atoms with van der Waals surface area (Å²) in [4.78, 5) is 14.0. The largest absolute Gasteiger partial charge is 0.416 e. The Bertz CT molecular complexity index is 908. The Morgan fingerprint density at radius 3 is 2.35 bits per heavy atom. The van der Waals surface area contributed by atoms with Crippen molar-refractivity contribution in [3.8, 4) is 0 Å². The van der Waals surface area contributed by atoms with Gasteiger partial charge in [-0.15, -0.1) is 0 Å². The van der Waals surface area contributed by atoms with E-state index in [0.717, 1.165) is 31.7 Å². The Morgan fingerprint density at radius 1 is 1.06 bits per heavy atom. The van der Waals surface area contributed by atoms with Gasteiger partial charge in [-0.25, -0.2) is 4.79 Å². The average Bonchev–Trinajstić information content (AvgIpc) is 3.20. The number of carbonyl (C=O) groups excluding carboxylic acids is 1. The molecule has 0 aromatic heterocycles. The third-order valence-electron chi connectivity index (χ3n) is 5.87. The first kappa shape index (κ1) is 22.0. The van der Waals surface area contributed by atoms with Crippen LogP contribution in [-0.4, -0.2) is 36.2 Å². The van der Waals surface area contributed by atoms with Crippen molar-refractivity contribution in [2.75, 3.05) is 13.1 Å². The van der Waals surface area contributed by atoms with E-state index in [2.05, 4.69) is 5.32 Å². The Morgan fingerprint density at radius 2 is 1.71 bits per heavy atom. The van der Waals surface area contributed by atoms with E-state index in [1.54, 1.807) is 35.2 Å². The number of carbonyl (C=O) groups is 1. The molecule has 1 unspecified atom stereocenters. The maximum absolute atomic E-state index is 13.6. The molecular formula is C23H24ClF3N2O2. The van der Waals surface area contributed by atoms with Crippen molar-refractivity contribution in [3.63, 3.8) is 0 Å². The second kappa shape index (κ2) is 9.09. The third-order valence-corrected chi connectivity index (χ3v) is 6.12. The summed E-state index contributed by atoms with van der Waals surface area (Å²) in [5.74, 6) is 0. The van der Waals surface area contributed by atoms with E-state index in [1.807, 2.05) is 0 Å². The van der Waals surface area contributed by atoms with Gasteiger partial charge in [-0.05, 0) is 42.2 Å². The van der Waals surface area contributed by atoms with E-state index in [1.165, 1.54) is 12.1 Å². The quantitative estimate of drug-likeness (QED) is 0.622. The van der Waals surface area contributed by atoms with Gasteiger partial charge in [0.2, 0.25) is 0 Å². The van der Waals surface area contributed by atoms with Crippen LogP contribution in [0.4, 0.5) is 18.0 Å². The van der Waals surface area contributed by atoms with Gasteiger partial charge in [-0.1, -0.05) is 54.8 Å². The molecule has 31 heavy (non-hydrogen) atoms. The molecule has 1 atom stereocenters. The van der Waals surface area contributed by atoms with Crippen LogP contribution in [-0.2, 0) is 10.9 Å². The predicted octanol–water partition coefficient (Wildman–Crippen LogP) is 5.80. The lowest BCUT2D eigenvalue weighted by Crippen LogP contribution is -2.59. The minimum atomic E-state index is -4.50. The Labute approximate surface area is 184 Å². The number of ether oxygens (including phenoxy) is 1. The first-order valence-corrected chi connectivity index (χ1v) is 10.8. The van der Waals surface area contributed by atoms with E-state index in [-0.39, 0.29) is 23.7 Å². The molecule has 1 N–H and O–H groups in total. The first-order valence-electron chi connectivity index (χ1n) is 10.4. The smallest absolute Gasteiger partial charge is 0.362 e. The number of likely N-dealkylation sites (tertiary alicyclic amines) is 1. The fourth-order valence-corrected chi connectivity index (χ4v) is 4.30. The van der Waals surface area contributed by atoms with E-state index in [9.17, 15) is 18.0 Å².